The molecular weight excluding hydrogens is 279 g/mol. The Morgan fingerprint density at radius 1 is 1.19 bits per heavy atom. The average Bonchev–Trinajstić information content (AvgIpc) is 2.58. The summed E-state index contributed by atoms with van der Waals surface area (Å²) in [4.78, 5) is 2.02. The Labute approximate surface area is 123 Å². The SMILES string of the molecule is CC1(C)CCCN(c2ccc(CO)c(C(F)(F)F)c2)CC1. The van der Waals surface area contributed by atoms with E-state index in [1.54, 1.807) is 6.07 Å². The minimum absolute atomic E-state index is 0.0681. The van der Waals surface area contributed by atoms with Gasteiger partial charge in [0.2, 0.25) is 0 Å². The van der Waals surface area contributed by atoms with E-state index in [4.69, 9.17) is 5.11 Å². The summed E-state index contributed by atoms with van der Waals surface area (Å²) in [5, 5.41) is 9.08. The molecule has 0 atom stereocenters. The van der Waals surface area contributed by atoms with Crippen molar-refractivity contribution >= 4 is 5.69 Å². The molecule has 0 aliphatic carbocycles. The Bertz CT molecular complexity index is 497. The molecule has 2 rings (SSSR count). The molecule has 0 radical (unpaired) electrons. The first-order valence-corrected chi connectivity index (χ1v) is 7.29. The number of halogens is 3. The fourth-order valence-electron chi connectivity index (χ4n) is 2.84. The summed E-state index contributed by atoms with van der Waals surface area (Å²) in [6.45, 7) is 5.35. The van der Waals surface area contributed by atoms with Gasteiger partial charge in [0.25, 0.3) is 0 Å². The second-order valence-corrected chi connectivity index (χ2v) is 6.50. The van der Waals surface area contributed by atoms with Crippen LogP contribution >= 0.6 is 0 Å². The predicted molar refractivity (Wildman–Crippen MR) is 77.2 cm³/mol. The second-order valence-electron chi connectivity index (χ2n) is 6.50. The van der Waals surface area contributed by atoms with E-state index in [1.165, 1.54) is 12.1 Å². The molecule has 1 heterocycles. The third-order valence-electron chi connectivity index (χ3n) is 4.27. The molecule has 0 aromatic heterocycles. The molecule has 0 spiro atoms. The molecule has 1 aromatic carbocycles. The molecule has 0 saturated carbocycles. The molecule has 118 valence electrons. The Kier molecular flexibility index (Phi) is 4.51. The third-order valence-corrected chi connectivity index (χ3v) is 4.27. The molecule has 1 aromatic rings. The second kappa shape index (κ2) is 5.87. The van der Waals surface area contributed by atoms with Crippen LogP contribution in [0.25, 0.3) is 0 Å². The lowest BCUT2D eigenvalue weighted by Crippen LogP contribution is -2.25. The molecule has 1 saturated heterocycles. The number of hydrogen-bond donors (Lipinski definition) is 1. The highest BCUT2D eigenvalue weighted by Gasteiger charge is 2.34. The largest absolute Gasteiger partial charge is 0.416 e. The van der Waals surface area contributed by atoms with Gasteiger partial charge in [-0.05, 0) is 42.4 Å². The van der Waals surface area contributed by atoms with E-state index in [1.807, 2.05) is 4.90 Å². The highest BCUT2D eigenvalue weighted by Crippen LogP contribution is 2.36. The van der Waals surface area contributed by atoms with Gasteiger partial charge < -0.3 is 10.0 Å². The van der Waals surface area contributed by atoms with Crippen LogP contribution in [0.2, 0.25) is 0 Å². The molecule has 21 heavy (non-hydrogen) atoms. The molecule has 2 nitrogen and oxygen atoms in total. The molecule has 0 amide bonds. The zero-order valence-corrected chi connectivity index (χ0v) is 12.5. The van der Waals surface area contributed by atoms with E-state index in [2.05, 4.69) is 13.8 Å². The van der Waals surface area contributed by atoms with Gasteiger partial charge in [-0.2, -0.15) is 13.2 Å². The fraction of sp³-hybridized carbons (Fsp3) is 0.625. The van der Waals surface area contributed by atoms with Gasteiger partial charge in [0.15, 0.2) is 0 Å². The van der Waals surface area contributed by atoms with E-state index < -0.39 is 18.3 Å². The van der Waals surface area contributed by atoms with Crippen molar-refractivity contribution in [2.45, 2.75) is 45.9 Å². The lowest BCUT2D eigenvalue weighted by Gasteiger charge is -2.26. The van der Waals surface area contributed by atoms with Crippen molar-refractivity contribution in [2.75, 3.05) is 18.0 Å². The summed E-state index contributed by atoms with van der Waals surface area (Å²) >= 11 is 0. The smallest absolute Gasteiger partial charge is 0.392 e. The van der Waals surface area contributed by atoms with Crippen LogP contribution in [0.15, 0.2) is 18.2 Å². The number of anilines is 1. The van der Waals surface area contributed by atoms with E-state index in [-0.39, 0.29) is 11.0 Å². The van der Waals surface area contributed by atoms with Crippen LogP contribution in [0.4, 0.5) is 18.9 Å². The predicted octanol–water partition coefficient (Wildman–Crippen LogP) is 4.21. The van der Waals surface area contributed by atoms with Crippen molar-refractivity contribution in [3.63, 3.8) is 0 Å². The number of benzene rings is 1. The molecule has 5 heteroatoms. The highest BCUT2D eigenvalue weighted by molar-refractivity contribution is 5.52. The summed E-state index contributed by atoms with van der Waals surface area (Å²) in [6.07, 6.45) is -1.39. The van der Waals surface area contributed by atoms with Gasteiger partial charge in [0, 0.05) is 18.8 Å². The Morgan fingerprint density at radius 3 is 2.52 bits per heavy atom. The maximum Gasteiger partial charge on any atom is 0.416 e. The first-order chi connectivity index (χ1) is 9.73. The quantitative estimate of drug-likeness (QED) is 0.884. The molecule has 1 N–H and O–H groups in total. The van der Waals surface area contributed by atoms with Gasteiger partial charge in [-0.3, -0.25) is 0 Å². The van der Waals surface area contributed by atoms with Gasteiger partial charge in [0.1, 0.15) is 0 Å². The van der Waals surface area contributed by atoms with Gasteiger partial charge in [-0.1, -0.05) is 19.9 Å². The third kappa shape index (κ3) is 3.90. The number of alkyl halides is 3. The van der Waals surface area contributed by atoms with Crippen LogP contribution in [0.5, 0.6) is 0 Å². The van der Waals surface area contributed by atoms with E-state index >= 15 is 0 Å². The van der Waals surface area contributed by atoms with Crippen LogP contribution in [0, 0.1) is 5.41 Å². The number of aliphatic hydroxyl groups is 1. The lowest BCUT2D eigenvalue weighted by atomic mass is 9.85. The summed E-state index contributed by atoms with van der Waals surface area (Å²) < 4.78 is 39.2. The molecule has 1 aliphatic rings. The topological polar surface area (TPSA) is 23.5 Å². The van der Waals surface area contributed by atoms with Gasteiger partial charge in [0.05, 0.1) is 12.2 Å². The van der Waals surface area contributed by atoms with E-state index in [0.717, 1.165) is 32.4 Å². The van der Waals surface area contributed by atoms with Gasteiger partial charge >= 0.3 is 6.18 Å². The lowest BCUT2D eigenvalue weighted by molar-refractivity contribution is -0.138. The summed E-state index contributed by atoms with van der Waals surface area (Å²) in [5.74, 6) is 0. The Hall–Kier alpha value is -1.23. The molecule has 0 bridgehead atoms. The first kappa shape index (κ1) is 16.1. The van der Waals surface area contributed by atoms with Crippen LogP contribution in [0.1, 0.15) is 44.2 Å². The Morgan fingerprint density at radius 2 is 1.90 bits per heavy atom. The molecule has 0 unspecified atom stereocenters. The summed E-state index contributed by atoms with van der Waals surface area (Å²) in [5.41, 5.74) is 0.0387. The van der Waals surface area contributed by atoms with Gasteiger partial charge in [-0.15, -0.1) is 0 Å². The molecule has 1 fully saturated rings. The zero-order valence-electron chi connectivity index (χ0n) is 12.5. The fourth-order valence-corrected chi connectivity index (χ4v) is 2.84. The molecular formula is C16H22F3NO. The minimum atomic E-state index is -4.43. The minimum Gasteiger partial charge on any atom is -0.392 e. The van der Waals surface area contributed by atoms with Gasteiger partial charge in [-0.25, -0.2) is 0 Å². The van der Waals surface area contributed by atoms with Crippen molar-refractivity contribution < 1.29 is 18.3 Å². The Balaban J connectivity index is 2.28. The normalized spacial score (nSPS) is 19.4. The first-order valence-electron chi connectivity index (χ1n) is 7.29. The van der Waals surface area contributed by atoms with Crippen LogP contribution in [0.3, 0.4) is 0 Å². The maximum atomic E-state index is 13.1. The van der Waals surface area contributed by atoms with Crippen LogP contribution in [-0.2, 0) is 12.8 Å². The number of rotatable bonds is 2. The maximum absolute atomic E-state index is 13.1. The summed E-state index contributed by atoms with van der Waals surface area (Å²) in [6, 6.07) is 4.23. The number of hydrogen-bond acceptors (Lipinski definition) is 2. The van der Waals surface area contributed by atoms with Crippen molar-refractivity contribution in [3.8, 4) is 0 Å². The van der Waals surface area contributed by atoms with Crippen molar-refractivity contribution in [1.82, 2.24) is 0 Å². The van der Waals surface area contributed by atoms with E-state index in [0.29, 0.717) is 5.69 Å². The van der Waals surface area contributed by atoms with Crippen LogP contribution in [-0.4, -0.2) is 18.2 Å². The summed E-state index contributed by atoms with van der Waals surface area (Å²) in [7, 11) is 0. The standard InChI is InChI=1S/C16H22F3NO/c1-15(2)6-3-8-20(9-7-15)13-5-4-12(11-21)14(10-13)16(17,18)19/h4-5,10,21H,3,6-9,11H2,1-2H3. The van der Waals surface area contributed by atoms with Crippen molar-refractivity contribution in [2.24, 2.45) is 5.41 Å². The van der Waals surface area contributed by atoms with Crippen molar-refractivity contribution in [3.05, 3.63) is 29.3 Å². The van der Waals surface area contributed by atoms with Crippen LogP contribution < -0.4 is 4.90 Å². The van der Waals surface area contributed by atoms with Crippen molar-refractivity contribution in [1.29, 1.82) is 0 Å². The monoisotopic (exact) mass is 301 g/mol. The average molecular weight is 301 g/mol. The van der Waals surface area contributed by atoms with E-state index in [9.17, 15) is 13.2 Å². The highest BCUT2D eigenvalue weighted by atomic mass is 19.4. The number of nitrogens with zero attached hydrogens (tertiary/aromatic N) is 1. The zero-order chi connectivity index (χ0) is 15.7. The number of aliphatic hydroxyl groups excluding tert-OH is 1. The molecule has 1 aliphatic heterocycles.